The van der Waals surface area contributed by atoms with Gasteiger partial charge in [0.1, 0.15) is 0 Å². The Balaban J connectivity index is 1.81. The minimum atomic E-state index is -0.330. The fourth-order valence-electron chi connectivity index (χ4n) is 2.98. The first-order chi connectivity index (χ1) is 9.24. The van der Waals surface area contributed by atoms with E-state index in [0.717, 1.165) is 29.3 Å². The van der Waals surface area contributed by atoms with Gasteiger partial charge in [-0.25, -0.2) is 0 Å². The maximum Gasteiger partial charge on any atom is 0.0824 e. The zero-order chi connectivity index (χ0) is 13.2. The number of rotatable bonds is 2. The number of aryl methyl sites for hydroxylation is 1. The number of hydrogen-bond acceptors (Lipinski definition) is 1. The van der Waals surface area contributed by atoms with E-state index in [1.54, 1.807) is 0 Å². The molecular weight excluding hydrogens is 300 g/mol. The number of aliphatic hydroxyl groups excluding tert-OH is 1. The van der Waals surface area contributed by atoms with Crippen molar-refractivity contribution in [2.45, 2.75) is 25.4 Å². The summed E-state index contributed by atoms with van der Waals surface area (Å²) >= 11 is 3.51. The number of fused-ring (bicyclic) bond motifs is 1. The summed E-state index contributed by atoms with van der Waals surface area (Å²) in [6, 6.07) is 16.6. The molecule has 2 heteroatoms. The van der Waals surface area contributed by atoms with Crippen LogP contribution in [0.1, 0.15) is 29.2 Å². The van der Waals surface area contributed by atoms with E-state index in [0.29, 0.717) is 5.92 Å². The lowest BCUT2D eigenvalue weighted by atomic mass is 9.78. The molecule has 0 aromatic heterocycles. The molecule has 0 saturated carbocycles. The van der Waals surface area contributed by atoms with E-state index in [1.165, 1.54) is 11.1 Å². The minimum absolute atomic E-state index is 0.323. The fourth-order valence-corrected chi connectivity index (χ4v) is 3.43. The van der Waals surface area contributed by atoms with E-state index >= 15 is 0 Å². The maximum atomic E-state index is 10.5. The quantitative estimate of drug-likeness (QED) is 0.876. The van der Waals surface area contributed by atoms with Crippen molar-refractivity contribution in [1.82, 2.24) is 0 Å². The Morgan fingerprint density at radius 1 is 1.11 bits per heavy atom. The first-order valence-corrected chi connectivity index (χ1v) is 7.53. The van der Waals surface area contributed by atoms with Gasteiger partial charge in [-0.1, -0.05) is 52.3 Å². The molecule has 2 aromatic rings. The number of benzene rings is 2. The van der Waals surface area contributed by atoms with Gasteiger partial charge in [0, 0.05) is 4.47 Å². The summed E-state index contributed by atoms with van der Waals surface area (Å²) in [7, 11) is 0. The van der Waals surface area contributed by atoms with Crippen LogP contribution in [-0.4, -0.2) is 5.11 Å². The summed E-state index contributed by atoms with van der Waals surface area (Å²) in [5.74, 6) is 0.323. The van der Waals surface area contributed by atoms with E-state index < -0.39 is 0 Å². The lowest BCUT2D eigenvalue weighted by Crippen LogP contribution is -2.22. The van der Waals surface area contributed by atoms with Crippen molar-refractivity contribution in [3.05, 3.63) is 69.7 Å². The van der Waals surface area contributed by atoms with Crippen LogP contribution in [0.2, 0.25) is 0 Å². The Morgan fingerprint density at radius 2 is 1.95 bits per heavy atom. The van der Waals surface area contributed by atoms with Crippen LogP contribution in [0.3, 0.4) is 0 Å². The first kappa shape index (κ1) is 12.9. The molecule has 98 valence electrons. The van der Waals surface area contributed by atoms with Gasteiger partial charge >= 0.3 is 0 Å². The monoisotopic (exact) mass is 316 g/mol. The smallest absolute Gasteiger partial charge is 0.0824 e. The van der Waals surface area contributed by atoms with Crippen molar-refractivity contribution in [1.29, 1.82) is 0 Å². The molecule has 1 N–H and O–H groups in total. The van der Waals surface area contributed by atoms with E-state index in [2.05, 4.69) is 52.3 Å². The van der Waals surface area contributed by atoms with Crippen LogP contribution in [0.4, 0.5) is 0 Å². The molecular formula is C17H17BrO. The Labute approximate surface area is 122 Å². The maximum absolute atomic E-state index is 10.5. The van der Waals surface area contributed by atoms with Crippen LogP contribution in [0.25, 0.3) is 0 Å². The number of hydrogen-bond donors (Lipinski definition) is 1. The molecule has 2 atom stereocenters. The molecule has 0 fully saturated rings. The average molecular weight is 317 g/mol. The minimum Gasteiger partial charge on any atom is -0.388 e. The first-order valence-electron chi connectivity index (χ1n) is 6.74. The van der Waals surface area contributed by atoms with Crippen LogP contribution >= 0.6 is 15.9 Å². The second kappa shape index (κ2) is 5.48. The highest BCUT2D eigenvalue weighted by atomic mass is 79.9. The summed E-state index contributed by atoms with van der Waals surface area (Å²) in [6.07, 6.45) is 2.75. The third-order valence-corrected chi connectivity index (χ3v) is 4.48. The highest BCUT2D eigenvalue weighted by Gasteiger charge is 2.27. The van der Waals surface area contributed by atoms with Gasteiger partial charge in [-0.15, -0.1) is 0 Å². The van der Waals surface area contributed by atoms with E-state index in [4.69, 9.17) is 0 Å². The van der Waals surface area contributed by atoms with Crippen molar-refractivity contribution >= 4 is 15.9 Å². The second-order valence-electron chi connectivity index (χ2n) is 5.28. The molecule has 0 spiro atoms. The molecule has 1 aliphatic rings. The van der Waals surface area contributed by atoms with Crippen molar-refractivity contribution in [3.63, 3.8) is 0 Å². The Bertz CT molecular complexity index is 579. The Hall–Kier alpha value is -1.12. The molecule has 0 radical (unpaired) electrons. The van der Waals surface area contributed by atoms with Gasteiger partial charge in [0.15, 0.2) is 0 Å². The van der Waals surface area contributed by atoms with Gasteiger partial charge in [-0.2, -0.15) is 0 Å². The van der Waals surface area contributed by atoms with Crippen molar-refractivity contribution in [3.8, 4) is 0 Å². The van der Waals surface area contributed by atoms with Crippen LogP contribution in [-0.2, 0) is 12.8 Å². The molecule has 1 aliphatic carbocycles. The Kier molecular flexibility index (Phi) is 3.72. The van der Waals surface area contributed by atoms with Gasteiger partial charge in [-0.3, -0.25) is 0 Å². The van der Waals surface area contributed by atoms with Gasteiger partial charge in [0.25, 0.3) is 0 Å². The van der Waals surface area contributed by atoms with Crippen LogP contribution in [0.5, 0.6) is 0 Å². The molecule has 0 heterocycles. The molecule has 0 bridgehead atoms. The molecule has 3 rings (SSSR count). The zero-order valence-electron chi connectivity index (χ0n) is 10.7. The standard InChI is InChI=1S/C17H17BrO/c18-15-6-3-4-12(11-15)10-14-9-8-13-5-1-2-7-16(13)17(14)19/h1-7,11,14,17,19H,8-10H2. The third kappa shape index (κ3) is 2.75. The van der Waals surface area contributed by atoms with Gasteiger partial charge in [-0.05, 0) is 54.0 Å². The molecule has 2 unspecified atom stereocenters. The predicted molar refractivity (Wildman–Crippen MR) is 81.1 cm³/mol. The average Bonchev–Trinajstić information content (AvgIpc) is 2.42. The molecule has 0 aliphatic heterocycles. The van der Waals surface area contributed by atoms with Gasteiger partial charge < -0.3 is 5.11 Å². The van der Waals surface area contributed by atoms with Gasteiger partial charge in [0.05, 0.1) is 6.10 Å². The van der Waals surface area contributed by atoms with Crippen LogP contribution in [0, 0.1) is 5.92 Å². The predicted octanol–water partition coefficient (Wildman–Crippen LogP) is 4.29. The summed E-state index contributed by atoms with van der Waals surface area (Å²) in [4.78, 5) is 0. The molecule has 19 heavy (non-hydrogen) atoms. The second-order valence-corrected chi connectivity index (χ2v) is 6.19. The van der Waals surface area contributed by atoms with Crippen molar-refractivity contribution < 1.29 is 5.11 Å². The van der Waals surface area contributed by atoms with Crippen LogP contribution < -0.4 is 0 Å². The van der Waals surface area contributed by atoms with E-state index in [1.807, 2.05) is 12.1 Å². The van der Waals surface area contributed by atoms with Crippen LogP contribution in [0.15, 0.2) is 53.0 Å². The molecule has 2 aromatic carbocycles. The largest absolute Gasteiger partial charge is 0.388 e. The third-order valence-electron chi connectivity index (χ3n) is 3.99. The summed E-state index contributed by atoms with van der Waals surface area (Å²) in [6.45, 7) is 0. The summed E-state index contributed by atoms with van der Waals surface area (Å²) < 4.78 is 1.11. The van der Waals surface area contributed by atoms with Crippen molar-refractivity contribution in [2.75, 3.05) is 0 Å². The molecule has 1 nitrogen and oxygen atoms in total. The number of halogens is 1. The zero-order valence-corrected chi connectivity index (χ0v) is 12.3. The topological polar surface area (TPSA) is 20.2 Å². The Morgan fingerprint density at radius 3 is 2.79 bits per heavy atom. The van der Waals surface area contributed by atoms with E-state index in [9.17, 15) is 5.11 Å². The normalized spacial score (nSPS) is 22.0. The lowest BCUT2D eigenvalue weighted by Gasteiger charge is -2.30. The van der Waals surface area contributed by atoms with Gasteiger partial charge in [0.2, 0.25) is 0 Å². The summed E-state index contributed by atoms with van der Waals surface area (Å²) in [5.41, 5.74) is 3.71. The fraction of sp³-hybridized carbons (Fsp3) is 0.294. The highest BCUT2D eigenvalue weighted by Crippen LogP contribution is 2.36. The summed E-state index contributed by atoms with van der Waals surface area (Å²) in [5, 5.41) is 10.5. The van der Waals surface area contributed by atoms with E-state index in [-0.39, 0.29) is 6.10 Å². The molecule has 0 amide bonds. The highest BCUT2D eigenvalue weighted by molar-refractivity contribution is 9.10. The number of aliphatic hydroxyl groups is 1. The lowest BCUT2D eigenvalue weighted by molar-refractivity contribution is 0.0936. The SMILES string of the molecule is OC1c2ccccc2CCC1Cc1cccc(Br)c1. The molecule has 0 saturated heterocycles. The van der Waals surface area contributed by atoms with Crippen molar-refractivity contribution in [2.24, 2.45) is 5.92 Å².